The average Bonchev–Trinajstić information content (AvgIpc) is 2.52. The Hall–Kier alpha value is -1.66. The highest BCUT2D eigenvalue weighted by atomic mass is 79.9. The number of nitrogens with zero attached hydrogens (tertiary/aromatic N) is 1. The predicted molar refractivity (Wildman–Crippen MR) is 97.6 cm³/mol. The number of halogens is 2. The minimum atomic E-state index is -0.212. The lowest BCUT2D eigenvalue weighted by atomic mass is 10.0. The van der Waals surface area contributed by atoms with Gasteiger partial charge in [-0.25, -0.2) is 0 Å². The van der Waals surface area contributed by atoms with Crippen molar-refractivity contribution >= 4 is 55.0 Å². The third-order valence-corrected chi connectivity index (χ3v) is 4.69. The molecule has 23 heavy (non-hydrogen) atoms. The first-order chi connectivity index (χ1) is 11.0. The van der Waals surface area contributed by atoms with Gasteiger partial charge < -0.3 is 10.2 Å². The molecule has 0 fully saturated rings. The van der Waals surface area contributed by atoms with Crippen LogP contribution in [0.2, 0.25) is 0 Å². The van der Waals surface area contributed by atoms with Crippen LogP contribution in [-0.2, 0) is 16.0 Å². The van der Waals surface area contributed by atoms with Crippen LogP contribution in [0.1, 0.15) is 12.0 Å². The molecule has 0 aliphatic carbocycles. The second-order valence-electron chi connectivity index (χ2n) is 5.31. The Morgan fingerprint density at radius 2 is 1.74 bits per heavy atom. The summed E-state index contributed by atoms with van der Waals surface area (Å²) in [5, 5.41) is 2.82. The van der Waals surface area contributed by atoms with Gasteiger partial charge in [0.2, 0.25) is 11.8 Å². The monoisotopic (exact) mass is 436 g/mol. The smallest absolute Gasteiger partial charge is 0.244 e. The zero-order valence-corrected chi connectivity index (χ0v) is 15.4. The summed E-state index contributed by atoms with van der Waals surface area (Å²) in [7, 11) is 0. The van der Waals surface area contributed by atoms with Crippen LogP contribution >= 0.6 is 31.9 Å². The third-order valence-electron chi connectivity index (χ3n) is 3.67. The number of carbonyl (C=O) groups is 2. The largest absolute Gasteiger partial charge is 0.325 e. The number of aryl methyl sites for hydroxylation is 1. The van der Waals surface area contributed by atoms with Crippen LogP contribution < -0.4 is 10.2 Å². The number of fused-ring (bicyclic) bond motifs is 1. The van der Waals surface area contributed by atoms with Crippen LogP contribution in [0.3, 0.4) is 0 Å². The van der Waals surface area contributed by atoms with Gasteiger partial charge in [0.05, 0.1) is 0 Å². The quantitative estimate of drug-likeness (QED) is 0.784. The van der Waals surface area contributed by atoms with Gasteiger partial charge in [-0.15, -0.1) is 0 Å². The molecule has 0 unspecified atom stereocenters. The van der Waals surface area contributed by atoms with E-state index in [0.717, 1.165) is 20.2 Å². The summed E-state index contributed by atoms with van der Waals surface area (Å²) in [6.45, 7) is 0.0174. The van der Waals surface area contributed by atoms with E-state index in [2.05, 4.69) is 37.2 Å². The van der Waals surface area contributed by atoms with Crippen molar-refractivity contribution in [3.63, 3.8) is 0 Å². The molecule has 2 aromatic rings. The summed E-state index contributed by atoms with van der Waals surface area (Å²) in [6.07, 6.45) is 1.13. The highest BCUT2D eigenvalue weighted by Gasteiger charge is 2.26. The van der Waals surface area contributed by atoms with Crippen molar-refractivity contribution in [1.29, 1.82) is 0 Å². The van der Waals surface area contributed by atoms with E-state index < -0.39 is 0 Å². The first kappa shape index (κ1) is 16.2. The van der Waals surface area contributed by atoms with Crippen molar-refractivity contribution in [1.82, 2.24) is 0 Å². The van der Waals surface area contributed by atoms with Crippen molar-refractivity contribution in [2.24, 2.45) is 0 Å². The van der Waals surface area contributed by atoms with Crippen LogP contribution in [0.15, 0.2) is 51.4 Å². The Bertz CT molecular complexity index is 760. The molecule has 0 atom stereocenters. The first-order valence-corrected chi connectivity index (χ1v) is 8.76. The van der Waals surface area contributed by atoms with Crippen LogP contribution in [-0.4, -0.2) is 18.4 Å². The minimum absolute atomic E-state index is 0.0174. The van der Waals surface area contributed by atoms with Crippen LogP contribution in [0.25, 0.3) is 0 Å². The maximum atomic E-state index is 12.3. The molecule has 0 radical (unpaired) electrons. The van der Waals surface area contributed by atoms with Crippen LogP contribution in [0, 0.1) is 0 Å². The molecule has 1 N–H and O–H groups in total. The molecule has 0 aromatic heterocycles. The Labute approximate surface area is 151 Å². The molecule has 0 spiro atoms. The summed E-state index contributed by atoms with van der Waals surface area (Å²) in [5.41, 5.74) is 2.60. The van der Waals surface area contributed by atoms with Crippen molar-refractivity contribution in [2.75, 3.05) is 16.8 Å². The van der Waals surface area contributed by atoms with E-state index in [0.29, 0.717) is 18.5 Å². The summed E-state index contributed by atoms with van der Waals surface area (Å²) < 4.78 is 1.92. The Morgan fingerprint density at radius 1 is 1.04 bits per heavy atom. The molecule has 1 aliphatic rings. The number of nitrogens with one attached hydrogen (secondary N) is 1. The fourth-order valence-electron chi connectivity index (χ4n) is 2.58. The average molecular weight is 438 g/mol. The number of hydrogen-bond donors (Lipinski definition) is 1. The van der Waals surface area contributed by atoms with Crippen molar-refractivity contribution < 1.29 is 9.59 Å². The Balaban J connectivity index is 1.75. The normalized spacial score (nSPS) is 13.7. The molecule has 0 saturated carbocycles. The van der Waals surface area contributed by atoms with E-state index in [1.54, 1.807) is 4.90 Å². The van der Waals surface area contributed by atoms with Gasteiger partial charge in [-0.3, -0.25) is 9.59 Å². The molecule has 6 heteroatoms. The lowest BCUT2D eigenvalue weighted by molar-refractivity contribution is -0.121. The predicted octanol–water partition coefficient (Wildman–Crippen LogP) is 4.13. The number of carbonyl (C=O) groups excluding carboxylic acids is 2. The minimum Gasteiger partial charge on any atom is -0.325 e. The molecule has 0 bridgehead atoms. The topological polar surface area (TPSA) is 49.4 Å². The summed E-state index contributed by atoms with van der Waals surface area (Å²) in [4.78, 5) is 26.0. The van der Waals surface area contributed by atoms with Gasteiger partial charge in [0.15, 0.2) is 0 Å². The molecular weight excluding hydrogens is 424 g/mol. The highest BCUT2D eigenvalue weighted by molar-refractivity contribution is 9.10. The molecule has 118 valence electrons. The van der Waals surface area contributed by atoms with Gasteiger partial charge in [-0.2, -0.15) is 0 Å². The highest BCUT2D eigenvalue weighted by Crippen LogP contribution is 2.30. The van der Waals surface area contributed by atoms with Gasteiger partial charge >= 0.3 is 0 Å². The van der Waals surface area contributed by atoms with Crippen LogP contribution in [0.5, 0.6) is 0 Å². The number of rotatable bonds is 3. The second-order valence-corrected chi connectivity index (χ2v) is 7.14. The molecule has 3 rings (SSSR count). The summed E-state index contributed by atoms with van der Waals surface area (Å²) >= 11 is 6.79. The molecule has 4 nitrogen and oxygen atoms in total. The third kappa shape index (κ3) is 3.82. The number of amides is 2. The lowest BCUT2D eigenvalue weighted by Crippen LogP contribution is -2.40. The summed E-state index contributed by atoms with van der Waals surface area (Å²) in [5.74, 6) is -0.234. The fourth-order valence-corrected chi connectivity index (χ4v) is 3.25. The molecule has 0 saturated heterocycles. The summed E-state index contributed by atoms with van der Waals surface area (Å²) in [6, 6.07) is 13.1. The lowest BCUT2D eigenvalue weighted by Gasteiger charge is -2.29. The Morgan fingerprint density at radius 3 is 2.48 bits per heavy atom. The maximum Gasteiger partial charge on any atom is 0.244 e. The van der Waals surface area contributed by atoms with Crippen molar-refractivity contribution in [2.45, 2.75) is 12.8 Å². The van der Waals surface area contributed by atoms with E-state index in [9.17, 15) is 9.59 Å². The van der Waals surface area contributed by atoms with Crippen molar-refractivity contribution in [3.8, 4) is 0 Å². The molecule has 1 heterocycles. The first-order valence-electron chi connectivity index (χ1n) is 7.17. The van der Waals surface area contributed by atoms with Gasteiger partial charge in [0, 0.05) is 26.7 Å². The van der Waals surface area contributed by atoms with Gasteiger partial charge in [0.25, 0.3) is 0 Å². The van der Waals surface area contributed by atoms with E-state index in [1.807, 2.05) is 42.5 Å². The number of hydrogen-bond acceptors (Lipinski definition) is 2. The molecule has 1 aliphatic heterocycles. The van der Waals surface area contributed by atoms with E-state index in [-0.39, 0.29) is 18.4 Å². The maximum absolute atomic E-state index is 12.3. The zero-order chi connectivity index (χ0) is 16.4. The Kier molecular flexibility index (Phi) is 4.82. The standard InChI is InChI=1S/C17H14Br2N2O2/c18-12-2-5-14(6-3-12)20-16(22)10-21-15-7-4-13(19)9-11(15)1-8-17(21)23/h2-7,9H,1,8,10H2,(H,20,22). The van der Waals surface area contributed by atoms with E-state index >= 15 is 0 Å². The molecular formula is C17H14Br2N2O2. The van der Waals surface area contributed by atoms with Crippen LogP contribution in [0.4, 0.5) is 11.4 Å². The van der Waals surface area contributed by atoms with Gasteiger partial charge in [-0.05, 0) is 54.4 Å². The second kappa shape index (κ2) is 6.84. The van der Waals surface area contributed by atoms with Gasteiger partial charge in [-0.1, -0.05) is 31.9 Å². The van der Waals surface area contributed by atoms with E-state index in [4.69, 9.17) is 0 Å². The molecule has 2 aromatic carbocycles. The van der Waals surface area contributed by atoms with E-state index in [1.165, 1.54) is 0 Å². The number of benzene rings is 2. The number of anilines is 2. The van der Waals surface area contributed by atoms with Gasteiger partial charge in [0.1, 0.15) is 6.54 Å². The van der Waals surface area contributed by atoms with Crippen molar-refractivity contribution in [3.05, 3.63) is 57.0 Å². The zero-order valence-electron chi connectivity index (χ0n) is 12.2. The fraction of sp³-hybridized carbons (Fsp3) is 0.176. The molecule has 2 amide bonds. The SMILES string of the molecule is O=C(CN1C(=O)CCc2cc(Br)ccc21)Nc1ccc(Br)cc1.